The first kappa shape index (κ1) is 29.0. The topological polar surface area (TPSA) is 164 Å². The molecule has 0 unspecified atom stereocenters. The van der Waals surface area contributed by atoms with Gasteiger partial charge in [-0.2, -0.15) is 10.2 Å². The maximum atomic E-state index is 12.4. The molecule has 4 aromatic carbocycles. The minimum atomic E-state index is -0.738. The van der Waals surface area contributed by atoms with E-state index in [1.807, 2.05) is 0 Å². The number of ether oxygens (including phenoxy) is 2. The lowest BCUT2D eigenvalue weighted by Gasteiger charge is -2.06. The Kier molecular flexibility index (Phi) is 8.88. The average Bonchev–Trinajstić information content (AvgIpc) is 2.96. The van der Waals surface area contributed by atoms with Crippen LogP contribution in [0, 0.1) is 34.1 Å². The summed E-state index contributed by atoms with van der Waals surface area (Å²) in [5.41, 5.74) is 1.85. The van der Waals surface area contributed by atoms with E-state index in [1.54, 1.807) is 62.4 Å². The molecule has 0 aromatic heterocycles. The number of nitro benzene ring substituents is 2. The van der Waals surface area contributed by atoms with E-state index >= 15 is 0 Å². The van der Waals surface area contributed by atoms with Crippen LogP contribution >= 0.6 is 0 Å². The first-order chi connectivity index (χ1) is 20.1. The fourth-order valence-corrected chi connectivity index (χ4v) is 3.75. The van der Waals surface area contributed by atoms with Crippen LogP contribution in [0.25, 0.3) is 0 Å². The van der Waals surface area contributed by atoms with Crippen LogP contribution < -0.4 is 9.47 Å². The fraction of sp³-hybridized carbons (Fsp3) is 0.0667. The number of esters is 2. The van der Waals surface area contributed by atoms with Crippen molar-refractivity contribution in [3.8, 4) is 11.5 Å². The van der Waals surface area contributed by atoms with Gasteiger partial charge in [-0.1, -0.05) is 35.4 Å². The minimum absolute atomic E-state index is 0.234. The Bertz CT molecular complexity index is 1640. The van der Waals surface area contributed by atoms with E-state index in [0.717, 1.165) is 11.1 Å². The molecule has 0 fully saturated rings. The number of rotatable bonds is 9. The highest BCUT2D eigenvalue weighted by Gasteiger charge is 2.21. The van der Waals surface area contributed by atoms with Crippen LogP contribution in [0.15, 0.2) is 95.1 Å². The van der Waals surface area contributed by atoms with Gasteiger partial charge in [-0.15, -0.1) is 0 Å². The minimum Gasteiger partial charge on any atom is -0.416 e. The summed E-state index contributed by atoms with van der Waals surface area (Å²) < 4.78 is 10.5. The molecule has 42 heavy (non-hydrogen) atoms. The van der Waals surface area contributed by atoms with E-state index in [-0.39, 0.29) is 22.6 Å². The summed E-state index contributed by atoms with van der Waals surface area (Å²) in [5, 5.41) is 30.9. The molecule has 0 heterocycles. The Morgan fingerprint density at radius 2 is 1.05 bits per heavy atom. The molecular weight excluding hydrogens is 544 g/mol. The molecule has 0 saturated heterocycles. The number of nitro groups is 2. The Hall–Kier alpha value is -6.04. The summed E-state index contributed by atoms with van der Waals surface area (Å²) in [6.45, 7) is 3.60. The lowest BCUT2D eigenvalue weighted by atomic mass is 10.1. The molecule has 0 bridgehead atoms. The summed E-state index contributed by atoms with van der Waals surface area (Å²) in [4.78, 5) is 46.7. The highest BCUT2D eigenvalue weighted by Crippen LogP contribution is 2.29. The molecule has 0 radical (unpaired) electrons. The molecule has 0 atom stereocenters. The molecule has 4 rings (SSSR count). The van der Waals surface area contributed by atoms with Gasteiger partial charge < -0.3 is 9.47 Å². The molecule has 12 heteroatoms. The van der Waals surface area contributed by atoms with Gasteiger partial charge in [0.25, 0.3) is 0 Å². The van der Waals surface area contributed by atoms with Gasteiger partial charge in [-0.05, 0) is 62.4 Å². The van der Waals surface area contributed by atoms with Gasteiger partial charge in [-0.25, -0.2) is 9.59 Å². The van der Waals surface area contributed by atoms with Crippen molar-refractivity contribution in [1.82, 2.24) is 0 Å². The normalized spacial score (nSPS) is 11.0. The summed E-state index contributed by atoms with van der Waals surface area (Å²) in [6.07, 6.45) is 2.45. The number of hydrogen-bond donors (Lipinski definition) is 0. The van der Waals surface area contributed by atoms with Crippen molar-refractivity contribution in [2.24, 2.45) is 10.2 Å². The molecule has 0 saturated carbocycles. The fourth-order valence-electron chi connectivity index (χ4n) is 3.75. The van der Waals surface area contributed by atoms with Gasteiger partial charge >= 0.3 is 23.3 Å². The number of nitrogens with zero attached hydrogens (tertiary/aromatic N) is 4. The number of carbonyl (C=O) groups is 2. The second-order valence-corrected chi connectivity index (χ2v) is 8.98. The molecule has 0 aliphatic carbocycles. The zero-order chi connectivity index (χ0) is 30.2. The quantitative estimate of drug-likeness (QED) is 0.0781. The highest BCUT2D eigenvalue weighted by molar-refractivity contribution is 5.93. The monoisotopic (exact) mass is 566 g/mol. The average molecular weight is 567 g/mol. The van der Waals surface area contributed by atoms with Crippen LogP contribution in [0.1, 0.15) is 43.0 Å². The Morgan fingerprint density at radius 3 is 1.40 bits per heavy atom. The predicted octanol–water partition coefficient (Wildman–Crippen LogP) is 6.01. The van der Waals surface area contributed by atoms with Crippen molar-refractivity contribution in [2.75, 3.05) is 0 Å². The maximum absolute atomic E-state index is 12.4. The van der Waals surface area contributed by atoms with Crippen molar-refractivity contribution >= 4 is 35.7 Å². The lowest BCUT2D eigenvalue weighted by molar-refractivity contribution is -0.385. The van der Waals surface area contributed by atoms with Gasteiger partial charge in [0, 0.05) is 23.3 Å². The SMILES string of the molecule is Cc1cccc(C(=O)Oc2ccc(/C=N\N=C/c3ccc(OC(=O)c4cccc(C)c4)c([N+](=O)[O-])c3)cc2[N+](=O)[O-])c1. The molecule has 12 nitrogen and oxygen atoms in total. The molecular formula is C30H22N4O8. The van der Waals surface area contributed by atoms with Gasteiger partial charge in [0.05, 0.1) is 33.4 Å². The Labute approximate surface area is 238 Å². The largest absolute Gasteiger partial charge is 0.416 e. The third kappa shape index (κ3) is 7.33. The first-order valence-electron chi connectivity index (χ1n) is 12.3. The smallest absolute Gasteiger partial charge is 0.343 e. The van der Waals surface area contributed by atoms with Crippen molar-refractivity contribution in [2.45, 2.75) is 13.8 Å². The van der Waals surface area contributed by atoms with Crippen molar-refractivity contribution in [3.05, 3.63) is 139 Å². The van der Waals surface area contributed by atoms with Gasteiger partial charge in [0.1, 0.15) is 0 Å². The summed E-state index contributed by atoms with van der Waals surface area (Å²) >= 11 is 0. The summed E-state index contributed by atoms with van der Waals surface area (Å²) in [7, 11) is 0. The Morgan fingerprint density at radius 1 is 0.643 bits per heavy atom. The summed E-state index contributed by atoms with van der Waals surface area (Å²) in [5.74, 6) is -1.94. The Balaban J connectivity index is 1.47. The van der Waals surface area contributed by atoms with Crippen LogP contribution in [0.3, 0.4) is 0 Å². The zero-order valence-corrected chi connectivity index (χ0v) is 22.3. The second kappa shape index (κ2) is 12.9. The molecule has 0 aliphatic heterocycles. The van der Waals surface area contributed by atoms with Crippen LogP contribution in [0.5, 0.6) is 11.5 Å². The standard InChI is InChI=1S/C30H22N4O8/c1-19-5-3-7-23(13-19)29(35)41-27-11-9-21(15-25(27)33(37)38)17-31-32-18-22-10-12-28(26(16-22)34(39)40)42-30(36)24-8-4-6-20(2)14-24/h3-18H,1-2H3/b31-17-,32-18-. The molecule has 0 amide bonds. The van der Waals surface area contributed by atoms with Gasteiger partial charge in [-0.3, -0.25) is 20.2 Å². The van der Waals surface area contributed by atoms with E-state index in [2.05, 4.69) is 10.2 Å². The van der Waals surface area contributed by atoms with Crippen LogP contribution in [0.2, 0.25) is 0 Å². The van der Waals surface area contributed by atoms with E-state index in [0.29, 0.717) is 11.1 Å². The number of benzene rings is 4. The molecule has 0 spiro atoms. The first-order valence-corrected chi connectivity index (χ1v) is 12.3. The lowest BCUT2D eigenvalue weighted by Crippen LogP contribution is -2.10. The van der Waals surface area contributed by atoms with E-state index in [9.17, 15) is 29.8 Å². The van der Waals surface area contributed by atoms with Crippen molar-refractivity contribution in [3.63, 3.8) is 0 Å². The zero-order valence-electron chi connectivity index (χ0n) is 22.3. The van der Waals surface area contributed by atoms with Crippen LogP contribution in [-0.2, 0) is 0 Å². The van der Waals surface area contributed by atoms with Crippen molar-refractivity contribution < 1.29 is 28.9 Å². The third-order valence-corrected chi connectivity index (χ3v) is 5.75. The van der Waals surface area contributed by atoms with Gasteiger partial charge in [0.2, 0.25) is 11.5 Å². The maximum Gasteiger partial charge on any atom is 0.343 e. The molecule has 4 aromatic rings. The van der Waals surface area contributed by atoms with Gasteiger partial charge in [0.15, 0.2) is 0 Å². The van der Waals surface area contributed by atoms with E-state index in [1.165, 1.54) is 48.8 Å². The van der Waals surface area contributed by atoms with E-state index < -0.39 is 33.2 Å². The third-order valence-electron chi connectivity index (χ3n) is 5.75. The van der Waals surface area contributed by atoms with E-state index in [4.69, 9.17) is 9.47 Å². The number of hydrogen-bond acceptors (Lipinski definition) is 10. The molecule has 210 valence electrons. The number of aryl methyl sites for hydroxylation is 2. The van der Waals surface area contributed by atoms with Crippen molar-refractivity contribution in [1.29, 1.82) is 0 Å². The molecule has 0 N–H and O–H groups in total. The van der Waals surface area contributed by atoms with Crippen LogP contribution in [0.4, 0.5) is 11.4 Å². The number of carbonyl (C=O) groups excluding carboxylic acids is 2. The molecule has 0 aliphatic rings. The summed E-state index contributed by atoms with van der Waals surface area (Å²) in [6, 6.07) is 21.0. The second-order valence-electron chi connectivity index (χ2n) is 8.98. The highest BCUT2D eigenvalue weighted by atomic mass is 16.6. The van der Waals surface area contributed by atoms with Crippen LogP contribution in [-0.4, -0.2) is 34.2 Å². The predicted molar refractivity (Wildman–Crippen MR) is 154 cm³/mol.